The number of rotatable bonds is 4. The summed E-state index contributed by atoms with van der Waals surface area (Å²) in [5.74, 6) is 2.05. The molecular formula is C22H26N6. The first-order valence-electron chi connectivity index (χ1n) is 10.1. The van der Waals surface area contributed by atoms with Crippen LogP contribution >= 0.6 is 0 Å². The van der Waals surface area contributed by atoms with Gasteiger partial charge in [0.1, 0.15) is 11.7 Å². The zero-order valence-electron chi connectivity index (χ0n) is 16.1. The molecule has 0 radical (unpaired) electrons. The Kier molecular flexibility index (Phi) is 4.61. The maximum absolute atomic E-state index is 4.50. The van der Waals surface area contributed by atoms with Gasteiger partial charge in [0.25, 0.3) is 0 Å². The van der Waals surface area contributed by atoms with E-state index in [0.717, 1.165) is 64.0 Å². The monoisotopic (exact) mass is 374 g/mol. The molecule has 1 saturated heterocycles. The number of nitrogens with one attached hydrogen (secondary N) is 2. The zero-order valence-corrected chi connectivity index (χ0v) is 16.1. The van der Waals surface area contributed by atoms with Gasteiger partial charge in [-0.3, -0.25) is 9.98 Å². The molecule has 2 N–H and O–H groups in total. The van der Waals surface area contributed by atoms with Crippen LogP contribution in [0.5, 0.6) is 0 Å². The fourth-order valence-corrected chi connectivity index (χ4v) is 4.07. The van der Waals surface area contributed by atoms with Crippen LogP contribution in [0.25, 0.3) is 0 Å². The quantitative estimate of drug-likeness (QED) is 0.856. The molecule has 2 aromatic carbocycles. The van der Waals surface area contributed by atoms with Crippen LogP contribution in [0.15, 0.2) is 58.5 Å². The number of nitrogens with zero attached hydrogens (tertiary/aromatic N) is 4. The van der Waals surface area contributed by atoms with Crippen molar-refractivity contribution in [3.63, 3.8) is 0 Å². The lowest BCUT2D eigenvalue weighted by molar-refractivity contribution is 0.653. The lowest BCUT2D eigenvalue weighted by atomic mass is 10.1. The van der Waals surface area contributed by atoms with E-state index in [1.165, 1.54) is 22.5 Å². The summed E-state index contributed by atoms with van der Waals surface area (Å²) in [5, 5.41) is 6.67. The molecule has 3 aliphatic heterocycles. The Hall–Kier alpha value is -3.02. The lowest BCUT2D eigenvalue weighted by Gasteiger charge is -2.37. The third kappa shape index (κ3) is 3.42. The van der Waals surface area contributed by atoms with Crippen molar-refractivity contribution in [2.24, 2.45) is 9.98 Å². The molecule has 0 bridgehead atoms. The van der Waals surface area contributed by atoms with Crippen molar-refractivity contribution in [1.82, 2.24) is 10.6 Å². The number of hydrogen-bond acceptors (Lipinski definition) is 6. The molecule has 0 spiro atoms. The Balaban J connectivity index is 1.20. The van der Waals surface area contributed by atoms with Gasteiger partial charge in [-0.2, -0.15) is 0 Å². The number of piperazine rings is 1. The SMILES string of the molecule is c1cc(N2CCN(c3ccc(C4=NCCN4)cc3)CC2)ccc1C1=NCCN1. The predicted octanol–water partition coefficient (Wildman–Crippen LogP) is 1.71. The van der Waals surface area contributed by atoms with Crippen LogP contribution < -0.4 is 20.4 Å². The van der Waals surface area contributed by atoms with E-state index in [1.54, 1.807) is 0 Å². The first kappa shape index (κ1) is 17.1. The van der Waals surface area contributed by atoms with Crippen molar-refractivity contribution < 1.29 is 0 Å². The number of hydrogen-bond donors (Lipinski definition) is 2. The van der Waals surface area contributed by atoms with Gasteiger partial charge in [-0.05, 0) is 48.5 Å². The molecular weight excluding hydrogens is 348 g/mol. The van der Waals surface area contributed by atoms with Crippen molar-refractivity contribution in [3.8, 4) is 0 Å². The lowest BCUT2D eigenvalue weighted by Crippen LogP contribution is -2.46. The molecule has 28 heavy (non-hydrogen) atoms. The topological polar surface area (TPSA) is 55.3 Å². The smallest absolute Gasteiger partial charge is 0.128 e. The van der Waals surface area contributed by atoms with Gasteiger partial charge < -0.3 is 20.4 Å². The molecule has 144 valence electrons. The van der Waals surface area contributed by atoms with Crippen LogP contribution in [0.4, 0.5) is 11.4 Å². The highest BCUT2D eigenvalue weighted by molar-refractivity contribution is 6.00. The molecule has 3 aliphatic rings. The van der Waals surface area contributed by atoms with Gasteiger partial charge >= 0.3 is 0 Å². The third-order valence-electron chi connectivity index (χ3n) is 5.64. The highest BCUT2D eigenvalue weighted by Gasteiger charge is 2.18. The Morgan fingerprint density at radius 1 is 0.571 bits per heavy atom. The summed E-state index contributed by atoms with van der Waals surface area (Å²) in [5.41, 5.74) is 4.95. The van der Waals surface area contributed by atoms with Gasteiger partial charge in [0.05, 0.1) is 13.1 Å². The van der Waals surface area contributed by atoms with E-state index in [4.69, 9.17) is 0 Å². The molecule has 5 rings (SSSR count). The molecule has 2 aromatic rings. The standard InChI is InChI=1S/C22H26N6/c1-5-19(6-2-17(1)21-23-9-10-24-21)27-13-15-28(16-14-27)20-7-3-18(4-8-20)22-25-11-12-26-22/h1-8H,9-16H2,(H,23,24)(H,25,26). The van der Waals surface area contributed by atoms with Crippen molar-refractivity contribution in [2.75, 3.05) is 62.2 Å². The fourth-order valence-electron chi connectivity index (χ4n) is 4.07. The Labute approximate surface area is 166 Å². The minimum atomic E-state index is 0.880. The molecule has 6 heteroatoms. The van der Waals surface area contributed by atoms with E-state index in [9.17, 15) is 0 Å². The van der Waals surface area contributed by atoms with Crippen LogP contribution in [0.3, 0.4) is 0 Å². The molecule has 0 aliphatic carbocycles. The largest absolute Gasteiger partial charge is 0.368 e. The summed E-state index contributed by atoms with van der Waals surface area (Å²) >= 11 is 0. The van der Waals surface area contributed by atoms with Gasteiger partial charge in [-0.15, -0.1) is 0 Å². The van der Waals surface area contributed by atoms with E-state index in [0.29, 0.717) is 0 Å². The average molecular weight is 374 g/mol. The van der Waals surface area contributed by atoms with Crippen molar-refractivity contribution >= 4 is 23.0 Å². The Bertz CT molecular complexity index is 801. The van der Waals surface area contributed by atoms with E-state index in [-0.39, 0.29) is 0 Å². The van der Waals surface area contributed by atoms with Gasteiger partial charge in [0.15, 0.2) is 0 Å². The first-order chi connectivity index (χ1) is 13.9. The second-order valence-corrected chi connectivity index (χ2v) is 7.38. The fraction of sp³-hybridized carbons (Fsp3) is 0.364. The van der Waals surface area contributed by atoms with Crippen molar-refractivity contribution in [2.45, 2.75) is 0 Å². The maximum atomic E-state index is 4.50. The number of amidine groups is 2. The van der Waals surface area contributed by atoms with Gasteiger partial charge in [-0.25, -0.2) is 0 Å². The maximum Gasteiger partial charge on any atom is 0.128 e. The zero-order chi connectivity index (χ0) is 18.8. The molecule has 3 heterocycles. The van der Waals surface area contributed by atoms with Crippen molar-refractivity contribution in [1.29, 1.82) is 0 Å². The second kappa shape index (κ2) is 7.54. The van der Waals surface area contributed by atoms with Crippen LogP contribution in [-0.2, 0) is 0 Å². The molecule has 0 saturated carbocycles. The second-order valence-electron chi connectivity index (χ2n) is 7.38. The normalized spacial score (nSPS) is 19.1. The highest BCUT2D eigenvalue weighted by atomic mass is 15.3. The Morgan fingerprint density at radius 2 is 0.964 bits per heavy atom. The minimum absolute atomic E-state index is 0.880. The molecule has 0 aromatic heterocycles. The van der Waals surface area contributed by atoms with Gasteiger partial charge in [-0.1, -0.05) is 0 Å². The summed E-state index contributed by atoms with van der Waals surface area (Å²) in [6.07, 6.45) is 0. The minimum Gasteiger partial charge on any atom is -0.368 e. The average Bonchev–Trinajstić information content (AvgIpc) is 3.49. The van der Waals surface area contributed by atoms with Gasteiger partial charge in [0.2, 0.25) is 0 Å². The number of anilines is 2. The van der Waals surface area contributed by atoms with Gasteiger partial charge in [0, 0.05) is 61.8 Å². The Morgan fingerprint density at radius 3 is 1.29 bits per heavy atom. The van der Waals surface area contributed by atoms with E-state index in [2.05, 4.69) is 78.9 Å². The molecule has 0 unspecified atom stereocenters. The molecule has 6 nitrogen and oxygen atoms in total. The van der Waals surface area contributed by atoms with E-state index >= 15 is 0 Å². The number of benzene rings is 2. The molecule has 0 amide bonds. The summed E-state index contributed by atoms with van der Waals surface area (Å²) in [7, 11) is 0. The number of aliphatic imine (C=N–C) groups is 2. The molecule has 0 atom stereocenters. The third-order valence-corrected chi connectivity index (χ3v) is 5.64. The summed E-state index contributed by atoms with van der Waals surface area (Å²) in [4.78, 5) is 13.9. The molecule has 1 fully saturated rings. The first-order valence-corrected chi connectivity index (χ1v) is 10.1. The van der Waals surface area contributed by atoms with Crippen LogP contribution in [0, 0.1) is 0 Å². The van der Waals surface area contributed by atoms with E-state index in [1.807, 2.05) is 0 Å². The summed E-state index contributed by atoms with van der Waals surface area (Å²) in [6, 6.07) is 17.6. The van der Waals surface area contributed by atoms with E-state index < -0.39 is 0 Å². The highest BCUT2D eigenvalue weighted by Crippen LogP contribution is 2.22. The van der Waals surface area contributed by atoms with Crippen LogP contribution in [0.1, 0.15) is 11.1 Å². The van der Waals surface area contributed by atoms with Crippen molar-refractivity contribution in [3.05, 3.63) is 59.7 Å². The van der Waals surface area contributed by atoms with Crippen LogP contribution in [-0.4, -0.2) is 64.0 Å². The van der Waals surface area contributed by atoms with Crippen LogP contribution in [0.2, 0.25) is 0 Å². The summed E-state index contributed by atoms with van der Waals surface area (Å²) in [6.45, 7) is 7.80. The predicted molar refractivity (Wildman–Crippen MR) is 116 cm³/mol. The summed E-state index contributed by atoms with van der Waals surface area (Å²) < 4.78 is 0.